The maximum Gasteiger partial charge on any atom is 0.148 e. The molecular formula is C18H23N3. The first kappa shape index (κ1) is 15.3. The number of amidine groups is 1. The van der Waals surface area contributed by atoms with Gasteiger partial charge in [0.2, 0.25) is 0 Å². The Bertz CT molecular complexity index is 593. The highest BCUT2D eigenvalue weighted by Gasteiger charge is 2.13. The van der Waals surface area contributed by atoms with E-state index in [-0.39, 0.29) is 5.41 Å². The summed E-state index contributed by atoms with van der Waals surface area (Å²) < 4.78 is 0. The zero-order valence-electron chi connectivity index (χ0n) is 13.1. The Morgan fingerprint density at radius 2 is 1.52 bits per heavy atom. The van der Waals surface area contributed by atoms with Crippen molar-refractivity contribution in [1.29, 1.82) is 0 Å². The Morgan fingerprint density at radius 3 is 2.05 bits per heavy atom. The summed E-state index contributed by atoms with van der Waals surface area (Å²) in [6.45, 7) is 6.65. The fraction of sp³-hybridized carbons (Fsp3) is 0.278. The molecule has 3 nitrogen and oxygen atoms in total. The van der Waals surface area contributed by atoms with Crippen molar-refractivity contribution in [1.82, 2.24) is 10.9 Å². The number of benzene rings is 2. The minimum absolute atomic E-state index is 0.158. The summed E-state index contributed by atoms with van der Waals surface area (Å²) in [5, 5.41) is 0. The van der Waals surface area contributed by atoms with Crippen LogP contribution in [-0.2, 0) is 5.41 Å². The van der Waals surface area contributed by atoms with Crippen LogP contribution in [0.1, 0.15) is 31.9 Å². The molecule has 2 aromatic carbocycles. The minimum Gasteiger partial charge on any atom is -0.306 e. The van der Waals surface area contributed by atoms with Gasteiger partial charge in [-0.3, -0.25) is 0 Å². The maximum absolute atomic E-state index is 4.65. The monoisotopic (exact) mass is 281 g/mol. The van der Waals surface area contributed by atoms with Crippen LogP contribution in [0.3, 0.4) is 0 Å². The molecule has 0 saturated carbocycles. The van der Waals surface area contributed by atoms with Crippen LogP contribution in [0.15, 0.2) is 59.6 Å². The highest BCUT2D eigenvalue weighted by molar-refractivity contribution is 6.00. The summed E-state index contributed by atoms with van der Waals surface area (Å²) in [6, 6.07) is 18.5. The van der Waals surface area contributed by atoms with E-state index in [0.717, 1.165) is 17.1 Å². The SMILES string of the molecule is CNNC(=Nc1ccccc1)c1ccc(C(C)(C)C)cc1. The summed E-state index contributed by atoms with van der Waals surface area (Å²) in [5.74, 6) is 0.809. The van der Waals surface area contributed by atoms with Crippen LogP contribution in [0.2, 0.25) is 0 Å². The van der Waals surface area contributed by atoms with Gasteiger partial charge in [0.15, 0.2) is 0 Å². The van der Waals surface area contributed by atoms with Crippen molar-refractivity contribution in [2.75, 3.05) is 7.05 Å². The predicted octanol–water partition coefficient (Wildman–Crippen LogP) is 3.79. The first-order valence-corrected chi connectivity index (χ1v) is 7.18. The molecule has 0 amide bonds. The van der Waals surface area contributed by atoms with Gasteiger partial charge in [0.05, 0.1) is 5.69 Å². The maximum atomic E-state index is 4.65. The van der Waals surface area contributed by atoms with Gasteiger partial charge in [0.1, 0.15) is 5.84 Å². The summed E-state index contributed by atoms with van der Waals surface area (Å²) in [7, 11) is 1.84. The molecule has 0 aliphatic rings. The van der Waals surface area contributed by atoms with E-state index in [9.17, 15) is 0 Å². The van der Waals surface area contributed by atoms with Crippen molar-refractivity contribution in [3.63, 3.8) is 0 Å². The lowest BCUT2D eigenvalue weighted by atomic mass is 9.86. The minimum atomic E-state index is 0.158. The van der Waals surface area contributed by atoms with Crippen molar-refractivity contribution >= 4 is 11.5 Å². The third-order valence-corrected chi connectivity index (χ3v) is 3.26. The number of nitrogens with one attached hydrogen (secondary N) is 2. The Labute approximate surface area is 127 Å². The fourth-order valence-electron chi connectivity index (χ4n) is 2.04. The molecule has 0 fully saturated rings. The second kappa shape index (κ2) is 6.55. The van der Waals surface area contributed by atoms with E-state index in [1.165, 1.54) is 5.56 Å². The molecule has 2 rings (SSSR count). The van der Waals surface area contributed by atoms with Gasteiger partial charge in [-0.1, -0.05) is 63.2 Å². The van der Waals surface area contributed by atoms with Crippen LogP contribution in [0.4, 0.5) is 5.69 Å². The van der Waals surface area contributed by atoms with Crippen LogP contribution in [0, 0.1) is 0 Å². The Hall–Kier alpha value is -2.13. The quantitative estimate of drug-likeness (QED) is 0.510. The number of rotatable bonds is 3. The molecule has 0 bridgehead atoms. The van der Waals surface area contributed by atoms with Crippen LogP contribution in [0.25, 0.3) is 0 Å². The Morgan fingerprint density at radius 1 is 0.905 bits per heavy atom. The van der Waals surface area contributed by atoms with Crippen LogP contribution in [0.5, 0.6) is 0 Å². The molecule has 0 aliphatic heterocycles. The van der Waals surface area contributed by atoms with Gasteiger partial charge in [-0.2, -0.15) is 0 Å². The van der Waals surface area contributed by atoms with E-state index in [1.807, 2.05) is 37.4 Å². The van der Waals surface area contributed by atoms with Crippen molar-refractivity contribution in [3.8, 4) is 0 Å². The zero-order valence-corrected chi connectivity index (χ0v) is 13.1. The number of hydrogen-bond acceptors (Lipinski definition) is 2. The molecule has 0 radical (unpaired) electrons. The van der Waals surface area contributed by atoms with Gasteiger partial charge in [-0.25, -0.2) is 10.4 Å². The molecular weight excluding hydrogens is 258 g/mol. The second-order valence-corrected chi connectivity index (χ2v) is 6.00. The van der Waals surface area contributed by atoms with Crippen molar-refractivity contribution < 1.29 is 0 Å². The summed E-state index contributed by atoms with van der Waals surface area (Å²) in [4.78, 5) is 4.65. The molecule has 0 aromatic heterocycles. The van der Waals surface area contributed by atoms with Gasteiger partial charge < -0.3 is 5.43 Å². The van der Waals surface area contributed by atoms with Gasteiger partial charge in [-0.05, 0) is 23.1 Å². The van der Waals surface area contributed by atoms with E-state index in [1.54, 1.807) is 0 Å². The molecule has 21 heavy (non-hydrogen) atoms. The average molecular weight is 281 g/mol. The van der Waals surface area contributed by atoms with E-state index in [2.05, 4.69) is 60.9 Å². The molecule has 110 valence electrons. The number of hydrogen-bond donors (Lipinski definition) is 2. The molecule has 0 aliphatic carbocycles. The smallest absolute Gasteiger partial charge is 0.148 e. The second-order valence-electron chi connectivity index (χ2n) is 6.00. The number of aliphatic imine (C=N–C) groups is 1. The van der Waals surface area contributed by atoms with Crippen molar-refractivity contribution in [2.45, 2.75) is 26.2 Å². The first-order chi connectivity index (χ1) is 10.0. The molecule has 0 unspecified atom stereocenters. The van der Waals surface area contributed by atoms with Crippen LogP contribution in [-0.4, -0.2) is 12.9 Å². The van der Waals surface area contributed by atoms with Crippen LogP contribution >= 0.6 is 0 Å². The molecule has 0 spiro atoms. The summed E-state index contributed by atoms with van der Waals surface area (Å²) in [5.41, 5.74) is 9.51. The largest absolute Gasteiger partial charge is 0.306 e. The molecule has 2 aromatic rings. The number of para-hydroxylation sites is 1. The van der Waals surface area contributed by atoms with E-state index >= 15 is 0 Å². The number of nitrogens with zero attached hydrogens (tertiary/aromatic N) is 1. The lowest BCUT2D eigenvalue weighted by Crippen LogP contribution is -2.34. The highest BCUT2D eigenvalue weighted by atomic mass is 15.4. The fourth-order valence-corrected chi connectivity index (χ4v) is 2.04. The van der Waals surface area contributed by atoms with Crippen molar-refractivity contribution in [3.05, 3.63) is 65.7 Å². The molecule has 2 N–H and O–H groups in total. The summed E-state index contributed by atoms with van der Waals surface area (Å²) in [6.07, 6.45) is 0. The third-order valence-electron chi connectivity index (χ3n) is 3.26. The topological polar surface area (TPSA) is 36.4 Å². The standard InChI is InChI=1S/C18H23N3/c1-18(2,3)15-12-10-14(11-13-15)17(21-19-4)20-16-8-6-5-7-9-16/h5-13,19H,1-4H3,(H,20,21). The van der Waals surface area contributed by atoms with E-state index < -0.39 is 0 Å². The zero-order chi connectivity index (χ0) is 15.3. The third kappa shape index (κ3) is 4.17. The molecule has 0 atom stereocenters. The predicted molar refractivity (Wildman–Crippen MR) is 90.0 cm³/mol. The molecule has 3 heteroatoms. The normalized spacial score (nSPS) is 12.3. The Kier molecular flexibility index (Phi) is 4.76. The van der Waals surface area contributed by atoms with Crippen molar-refractivity contribution in [2.24, 2.45) is 4.99 Å². The highest BCUT2D eigenvalue weighted by Crippen LogP contribution is 2.22. The van der Waals surface area contributed by atoms with E-state index in [0.29, 0.717) is 0 Å². The first-order valence-electron chi connectivity index (χ1n) is 7.18. The number of hydrazine groups is 1. The lowest BCUT2D eigenvalue weighted by molar-refractivity contribution is 0.590. The Balaban J connectivity index is 2.33. The van der Waals surface area contributed by atoms with Gasteiger partial charge in [-0.15, -0.1) is 0 Å². The van der Waals surface area contributed by atoms with E-state index in [4.69, 9.17) is 0 Å². The summed E-state index contributed by atoms with van der Waals surface area (Å²) >= 11 is 0. The lowest BCUT2D eigenvalue weighted by Gasteiger charge is -2.19. The van der Waals surface area contributed by atoms with Gasteiger partial charge in [0, 0.05) is 12.6 Å². The van der Waals surface area contributed by atoms with Gasteiger partial charge >= 0.3 is 0 Å². The van der Waals surface area contributed by atoms with Crippen LogP contribution < -0.4 is 10.9 Å². The average Bonchev–Trinajstić information content (AvgIpc) is 2.47. The van der Waals surface area contributed by atoms with Gasteiger partial charge in [0.25, 0.3) is 0 Å². The molecule has 0 heterocycles. The molecule has 0 saturated heterocycles.